The van der Waals surface area contributed by atoms with Gasteiger partial charge in [-0.05, 0) is 87.9 Å². The number of sulfonamides is 1. The lowest BCUT2D eigenvalue weighted by Gasteiger charge is -2.22. The Morgan fingerprint density at radius 1 is 1.05 bits per heavy atom. The third kappa shape index (κ3) is 6.30. The summed E-state index contributed by atoms with van der Waals surface area (Å²) in [7, 11) is -2.03. The molecule has 4 aromatic rings. The fourth-order valence-corrected chi connectivity index (χ4v) is 6.25. The first kappa shape index (κ1) is 26.9. The summed E-state index contributed by atoms with van der Waals surface area (Å²) in [4.78, 5) is 9.69. The van der Waals surface area contributed by atoms with Crippen LogP contribution in [0.2, 0.25) is 0 Å². The number of hydroxylamine groups is 1. The molecule has 3 N–H and O–H groups in total. The topological polar surface area (TPSA) is 110 Å². The summed E-state index contributed by atoms with van der Waals surface area (Å²) in [6.07, 6.45) is 6.96. The summed E-state index contributed by atoms with van der Waals surface area (Å²) in [6, 6.07) is 19.1. The van der Waals surface area contributed by atoms with E-state index >= 15 is 0 Å². The molecule has 9 nitrogen and oxygen atoms in total. The van der Waals surface area contributed by atoms with Crippen LogP contribution in [0.15, 0.2) is 83.5 Å². The fourth-order valence-electron chi connectivity index (χ4n) is 4.79. The summed E-state index contributed by atoms with van der Waals surface area (Å²) in [5, 5.41) is 7.99. The van der Waals surface area contributed by atoms with Crippen LogP contribution in [0.25, 0.3) is 16.8 Å². The molecule has 2 aromatic heterocycles. The number of aromatic nitrogens is 3. The number of benzene rings is 2. The molecule has 10 heteroatoms. The highest BCUT2D eigenvalue weighted by Gasteiger charge is 2.23. The minimum atomic E-state index is -3.67. The van der Waals surface area contributed by atoms with Gasteiger partial charge in [0, 0.05) is 22.5 Å². The molecule has 0 spiro atoms. The van der Waals surface area contributed by atoms with E-state index in [1.807, 2.05) is 51.1 Å². The van der Waals surface area contributed by atoms with Gasteiger partial charge in [0.25, 0.3) is 0 Å². The highest BCUT2D eigenvalue weighted by molar-refractivity contribution is 7.89. The number of hydrogen-bond donors (Lipinski definition) is 3. The summed E-state index contributed by atoms with van der Waals surface area (Å²) >= 11 is 0. The van der Waals surface area contributed by atoms with Crippen LogP contribution < -0.4 is 15.5 Å². The number of nitrogens with zero attached hydrogens (tertiary/aromatic N) is 3. The molecule has 1 aliphatic rings. The summed E-state index contributed by atoms with van der Waals surface area (Å²) < 4.78 is 30.3. The van der Waals surface area contributed by atoms with Crippen LogP contribution in [0.3, 0.4) is 0 Å². The van der Waals surface area contributed by atoms with E-state index in [4.69, 9.17) is 9.94 Å². The van der Waals surface area contributed by atoms with Gasteiger partial charge in [0.15, 0.2) is 0 Å². The van der Waals surface area contributed by atoms with E-state index in [2.05, 4.69) is 38.7 Å². The molecular weight excluding hydrogens is 512 g/mol. The SMILES string of the molecule is CONC1=CCC(c2ccc(Nc3ncc4ccc(-c5cccc(S(=O)(=O)NC(C)(C)C)c5)n4n3)cc2)CC1. The molecule has 0 bridgehead atoms. The van der Waals surface area contributed by atoms with Gasteiger partial charge in [-0.3, -0.25) is 10.3 Å². The van der Waals surface area contributed by atoms with Crippen molar-refractivity contribution in [3.8, 4) is 11.3 Å². The van der Waals surface area contributed by atoms with E-state index < -0.39 is 15.6 Å². The molecule has 204 valence electrons. The Labute approximate surface area is 229 Å². The van der Waals surface area contributed by atoms with Gasteiger partial charge in [-0.1, -0.05) is 30.3 Å². The van der Waals surface area contributed by atoms with Crippen molar-refractivity contribution < 1.29 is 13.3 Å². The largest absolute Gasteiger partial charge is 0.323 e. The van der Waals surface area contributed by atoms with Crippen LogP contribution in [0.4, 0.5) is 11.6 Å². The predicted molar refractivity (Wildman–Crippen MR) is 153 cm³/mol. The molecule has 0 radical (unpaired) electrons. The van der Waals surface area contributed by atoms with Crippen LogP contribution in [-0.4, -0.2) is 35.7 Å². The zero-order chi connectivity index (χ0) is 27.6. The number of rotatable bonds is 8. The van der Waals surface area contributed by atoms with Crippen molar-refractivity contribution in [1.82, 2.24) is 24.8 Å². The Hall–Kier alpha value is -3.73. The standard InChI is InChI=1S/C29H34N6O3S/c1-29(2,3)34-39(36,37)26-7-5-6-22(18-26)27-17-16-25-19-30-28(32-35(25)27)31-23-12-8-20(9-13-23)21-10-14-24(15-11-21)33-38-4/h5-9,12-14,16-19,21,33-34H,10-11,15H2,1-4H3,(H,31,32). The zero-order valence-corrected chi connectivity index (χ0v) is 23.4. The Morgan fingerprint density at radius 2 is 1.85 bits per heavy atom. The number of fused-ring (bicyclic) bond motifs is 1. The maximum atomic E-state index is 12.9. The summed E-state index contributed by atoms with van der Waals surface area (Å²) in [6.45, 7) is 5.45. The maximum Gasteiger partial charge on any atom is 0.245 e. The van der Waals surface area contributed by atoms with Gasteiger partial charge in [0.2, 0.25) is 16.0 Å². The van der Waals surface area contributed by atoms with Crippen molar-refractivity contribution in [2.45, 2.75) is 56.4 Å². The molecule has 0 saturated carbocycles. The molecule has 39 heavy (non-hydrogen) atoms. The predicted octanol–water partition coefficient (Wildman–Crippen LogP) is 5.52. The van der Waals surface area contributed by atoms with Crippen LogP contribution in [-0.2, 0) is 14.9 Å². The second-order valence-corrected chi connectivity index (χ2v) is 12.5. The average molecular weight is 547 g/mol. The molecule has 0 fully saturated rings. The van der Waals surface area contributed by atoms with Crippen LogP contribution in [0, 0.1) is 0 Å². The molecule has 0 saturated heterocycles. The van der Waals surface area contributed by atoms with E-state index in [0.29, 0.717) is 11.9 Å². The first-order chi connectivity index (χ1) is 18.6. The Balaban J connectivity index is 1.35. The maximum absolute atomic E-state index is 12.9. The number of allylic oxidation sites excluding steroid dienone is 2. The molecule has 0 aliphatic heterocycles. The number of nitrogens with one attached hydrogen (secondary N) is 3. The van der Waals surface area contributed by atoms with Gasteiger partial charge in [-0.2, -0.15) is 0 Å². The Kier molecular flexibility index (Phi) is 7.44. The van der Waals surface area contributed by atoms with Crippen molar-refractivity contribution >= 4 is 27.2 Å². The molecule has 2 heterocycles. The van der Waals surface area contributed by atoms with Crippen molar-refractivity contribution in [2.75, 3.05) is 12.4 Å². The minimum absolute atomic E-state index is 0.206. The van der Waals surface area contributed by atoms with Gasteiger partial charge >= 0.3 is 0 Å². The second kappa shape index (κ2) is 10.8. The van der Waals surface area contributed by atoms with Crippen LogP contribution >= 0.6 is 0 Å². The Morgan fingerprint density at radius 3 is 2.54 bits per heavy atom. The normalized spacial score (nSPS) is 16.2. The highest BCUT2D eigenvalue weighted by Crippen LogP contribution is 2.32. The second-order valence-electron chi connectivity index (χ2n) is 10.8. The number of hydrogen-bond acceptors (Lipinski definition) is 7. The third-order valence-corrected chi connectivity index (χ3v) is 8.32. The smallest absolute Gasteiger partial charge is 0.245 e. The highest BCUT2D eigenvalue weighted by atomic mass is 32.2. The number of anilines is 2. The van der Waals surface area contributed by atoms with Gasteiger partial charge in [-0.25, -0.2) is 22.6 Å². The monoisotopic (exact) mass is 546 g/mol. The summed E-state index contributed by atoms with van der Waals surface area (Å²) in [5.41, 5.74) is 8.00. The van der Waals surface area contributed by atoms with Crippen LogP contribution in [0.5, 0.6) is 0 Å². The summed E-state index contributed by atoms with van der Waals surface area (Å²) in [5.74, 6) is 0.927. The molecule has 1 aliphatic carbocycles. The lowest BCUT2D eigenvalue weighted by molar-refractivity contribution is 0.113. The average Bonchev–Trinajstić information content (AvgIpc) is 3.32. The molecule has 2 aromatic carbocycles. The van der Waals surface area contributed by atoms with Crippen molar-refractivity contribution in [3.63, 3.8) is 0 Å². The van der Waals surface area contributed by atoms with E-state index in [-0.39, 0.29) is 4.90 Å². The van der Waals surface area contributed by atoms with E-state index in [9.17, 15) is 8.42 Å². The minimum Gasteiger partial charge on any atom is -0.323 e. The van der Waals surface area contributed by atoms with E-state index in [0.717, 1.165) is 47.4 Å². The van der Waals surface area contributed by atoms with Crippen molar-refractivity contribution in [3.05, 3.63) is 84.2 Å². The molecule has 5 rings (SSSR count). The molecular formula is C29H34N6O3S. The van der Waals surface area contributed by atoms with Gasteiger partial charge in [0.05, 0.1) is 29.4 Å². The first-order valence-electron chi connectivity index (χ1n) is 13.0. The van der Waals surface area contributed by atoms with Gasteiger partial charge < -0.3 is 5.32 Å². The lowest BCUT2D eigenvalue weighted by Crippen LogP contribution is -2.40. The fraction of sp³-hybridized carbons (Fsp3) is 0.310. The molecule has 1 atom stereocenters. The van der Waals surface area contributed by atoms with Gasteiger partial charge in [-0.15, -0.1) is 5.10 Å². The third-order valence-electron chi connectivity index (χ3n) is 6.56. The zero-order valence-electron chi connectivity index (χ0n) is 22.6. The van der Waals surface area contributed by atoms with E-state index in [1.165, 1.54) is 5.56 Å². The van der Waals surface area contributed by atoms with Gasteiger partial charge in [0.1, 0.15) is 0 Å². The van der Waals surface area contributed by atoms with Crippen LogP contribution in [0.1, 0.15) is 51.5 Å². The van der Waals surface area contributed by atoms with Crippen molar-refractivity contribution in [2.24, 2.45) is 0 Å². The quantitative estimate of drug-likeness (QED) is 0.250. The lowest BCUT2D eigenvalue weighted by atomic mass is 9.86. The Bertz CT molecular complexity index is 1600. The van der Waals surface area contributed by atoms with Crippen molar-refractivity contribution in [1.29, 1.82) is 0 Å². The molecule has 0 amide bonds. The van der Waals surface area contributed by atoms with E-state index in [1.54, 1.807) is 36.0 Å². The molecule has 1 unspecified atom stereocenters. The first-order valence-corrected chi connectivity index (χ1v) is 14.4.